The maximum absolute atomic E-state index is 12.0. The second-order valence-electron chi connectivity index (χ2n) is 4.58. The van der Waals surface area contributed by atoms with Crippen molar-refractivity contribution in [1.82, 2.24) is 0 Å². The summed E-state index contributed by atoms with van der Waals surface area (Å²) < 4.78 is 17.4. The second kappa shape index (κ2) is 8.03. The molecule has 0 saturated carbocycles. The molecule has 23 heavy (non-hydrogen) atoms. The third kappa shape index (κ3) is 5.01. The van der Waals surface area contributed by atoms with Crippen LogP contribution in [0.5, 0.6) is 0 Å². The van der Waals surface area contributed by atoms with Crippen molar-refractivity contribution >= 4 is 44.3 Å². The molecule has 1 atom stereocenters. The highest BCUT2D eigenvalue weighted by Gasteiger charge is 2.16. The molecule has 0 spiro atoms. The molecule has 0 unspecified atom stereocenters. The van der Waals surface area contributed by atoms with E-state index in [1.54, 1.807) is 36.4 Å². The molecular weight excluding hydrogens is 382 g/mol. The molecule has 0 bridgehead atoms. The van der Waals surface area contributed by atoms with Gasteiger partial charge in [-0.05, 0) is 30.3 Å². The second-order valence-corrected chi connectivity index (χ2v) is 6.85. The fraction of sp³-hybridized carbons (Fsp3) is 0.125. The van der Waals surface area contributed by atoms with E-state index in [0.29, 0.717) is 10.6 Å². The van der Waals surface area contributed by atoms with Crippen molar-refractivity contribution in [3.8, 4) is 0 Å². The number of nitrogens with one attached hydrogen (secondary N) is 1. The molecule has 0 aliphatic rings. The molecule has 1 amide bonds. The lowest BCUT2D eigenvalue weighted by Crippen LogP contribution is -2.21. The Kier molecular flexibility index (Phi) is 6.06. The lowest BCUT2D eigenvalue weighted by Gasteiger charge is -2.08. The van der Waals surface area contributed by atoms with Crippen LogP contribution in [-0.4, -0.2) is 28.9 Å². The maximum Gasteiger partial charge on any atom is 0.339 e. The van der Waals surface area contributed by atoms with Crippen LogP contribution in [0.4, 0.5) is 5.69 Å². The highest BCUT2D eigenvalue weighted by Crippen LogP contribution is 2.16. The maximum atomic E-state index is 12.0. The number of esters is 1. The van der Waals surface area contributed by atoms with Gasteiger partial charge in [0.2, 0.25) is 0 Å². The average molecular weight is 396 g/mol. The summed E-state index contributed by atoms with van der Waals surface area (Å²) in [6.07, 6.45) is 1.48. The van der Waals surface area contributed by atoms with Crippen LogP contribution in [0, 0.1) is 0 Å². The van der Waals surface area contributed by atoms with Crippen LogP contribution >= 0.6 is 15.9 Å². The van der Waals surface area contributed by atoms with E-state index in [-0.39, 0.29) is 5.56 Å². The average Bonchev–Trinajstić information content (AvgIpc) is 2.52. The summed E-state index contributed by atoms with van der Waals surface area (Å²) in [6.45, 7) is -0.421. The number of halogens is 1. The van der Waals surface area contributed by atoms with Gasteiger partial charge < -0.3 is 10.1 Å². The molecule has 0 aliphatic heterocycles. The summed E-state index contributed by atoms with van der Waals surface area (Å²) in [7, 11) is -1.32. The minimum absolute atomic E-state index is 0.198. The van der Waals surface area contributed by atoms with Gasteiger partial charge in [-0.1, -0.05) is 34.1 Å². The van der Waals surface area contributed by atoms with Gasteiger partial charge in [0.1, 0.15) is 0 Å². The molecule has 0 aromatic heterocycles. The molecule has 0 fully saturated rings. The van der Waals surface area contributed by atoms with Gasteiger partial charge in [-0.2, -0.15) is 0 Å². The Morgan fingerprint density at radius 1 is 1.17 bits per heavy atom. The van der Waals surface area contributed by atoms with Gasteiger partial charge >= 0.3 is 5.97 Å². The van der Waals surface area contributed by atoms with Crippen LogP contribution in [0.25, 0.3) is 0 Å². The van der Waals surface area contributed by atoms with E-state index >= 15 is 0 Å². The molecule has 2 aromatic rings. The predicted octanol–water partition coefficient (Wildman–Crippen LogP) is 2.98. The van der Waals surface area contributed by atoms with Crippen molar-refractivity contribution in [2.45, 2.75) is 4.90 Å². The van der Waals surface area contributed by atoms with Gasteiger partial charge in [0.25, 0.3) is 5.91 Å². The van der Waals surface area contributed by atoms with Crippen LogP contribution < -0.4 is 5.32 Å². The Balaban J connectivity index is 1.97. The molecular formula is C16H14BrNO4S. The van der Waals surface area contributed by atoms with Crippen molar-refractivity contribution in [2.24, 2.45) is 0 Å². The van der Waals surface area contributed by atoms with Gasteiger partial charge in [-0.25, -0.2) is 4.79 Å². The Hall–Kier alpha value is -1.99. The first-order valence-electron chi connectivity index (χ1n) is 6.62. The first-order chi connectivity index (χ1) is 11.0. The van der Waals surface area contributed by atoms with Crippen molar-refractivity contribution in [3.05, 3.63) is 58.6 Å². The number of rotatable bonds is 5. The first kappa shape index (κ1) is 17.4. The number of benzene rings is 2. The first-order valence-corrected chi connectivity index (χ1v) is 8.97. The highest BCUT2D eigenvalue weighted by atomic mass is 79.9. The molecule has 0 saturated heterocycles. The van der Waals surface area contributed by atoms with E-state index in [0.717, 1.165) is 4.47 Å². The fourth-order valence-corrected chi connectivity index (χ4v) is 2.99. The largest absolute Gasteiger partial charge is 0.452 e. The Labute approximate surface area is 144 Å². The lowest BCUT2D eigenvalue weighted by molar-refractivity contribution is -0.119. The number of amides is 1. The number of hydrogen-bond acceptors (Lipinski definition) is 4. The number of carbonyl (C=O) groups is 2. The number of ether oxygens (including phenoxy) is 1. The molecule has 120 valence electrons. The fourth-order valence-electron chi connectivity index (χ4n) is 1.86. The smallest absolute Gasteiger partial charge is 0.339 e. The third-order valence-electron chi connectivity index (χ3n) is 2.86. The summed E-state index contributed by atoms with van der Waals surface area (Å²) in [4.78, 5) is 24.2. The summed E-state index contributed by atoms with van der Waals surface area (Å²) in [5.41, 5.74) is 0.791. The van der Waals surface area contributed by atoms with E-state index in [9.17, 15) is 13.8 Å². The quantitative estimate of drug-likeness (QED) is 0.789. The monoisotopic (exact) mass is 395 g/mol. The topological polar surface area (TPSA) is 72.5 Å². The minimum atomic E-state index is -1.32. The van der Waals surface area contributed by atoms with Crippen LogP contribution in [0.3, 0.4) is 0 Å². The van der Waals surface area contributed by atoms with Gasteiger partial charge in [-0.15, -0.1) is 0 Å². The summed E-state index contributed by atoms with van der Waals surface area (Å²) in [5.74, 6) is -1.13. The van der Waals surface area contributed by atoms with E-state index in [1.165, 1.54) is 12.3 Å². The molecule has 0 aliphatic carbocycles. The zero-order valence-electron chi connectivity index (χ0n) is 12.2. The van der Waals surface area contributed by atoms with E-state index in [2.05, 4.69) is 21.2 Å². The number of anilines is 1. The molecule has 1 N–H and O–H groups in total. The SMILES string of the molecule is C[S@@](=O)c1ccccc1C(=O)OCC(=O)Nc1cccc(Br)c1. The van der Waals surface area contributed by atoms with Crippen LogP contribution in [0.1, 0.15) is 10.4 Å². The van der Waals surface area contributed by atoms with Gasteiger partial charge in [-0.3, -0.25) is 9.00 Å². The van der Waals surface area contributed by atoms with Gasteiger partial charge in [0.05, 0.1) is 21.3 Å². The van der Waals surface area contributed by atoms with Gasteiger partial charge in [0, 0.05) is 16.4 Å². The molecule has 5 nitrogen and oxygen atoms in total. The minimum Gasteiger partial charge on any atom is -0.452 e. The van der Waals surface area contributed by atoms with Crippen molar-refractivity contribution < 1.29 is 18.5 Å². The Morgan fingerprint density at radius 3 is 2.61 bits per heavy atom. The standard InChI is InChI=1S/C16H14BrNO4S/c1-23(21)14-8-3-2-7-13(14)16(20)22-10-15(19)18-12-6-4-5-11(17)9-12/h2-9H,10H2,1H3,(H,18,19)/t23-/m1/s1. The molecule has 2 rings (SSSR count). The van der Waals surface area contributed by atoms with Crippen molar-refractivity contribution in [2.75, 3.05) is 18.2 Å². The van der Waals surface area contributed by atoms with Crippen LogP contribution in [0.15, 0.2) is 57.9 Å². The summed E-state index contributed by atoms with van der Waals surface area (Å²) in [5, 5.41) is 2.62. The van der Waals surface area contributed by atoms with Crippen molar-refractivity contribution in [3.63, 3.8) is 0 Å². The Morgan fingerprint density at radius 2 is 1.91 bits per heavy atom. The molecule has 7 heteroatoms. The number of carbonyl (C=O) groups excluding carboxylic acids is 2. The predicted molar refractivity (Wildman–Crippen MR) is 91.8 cm³/mol. The van der Waals surface area contributed by atoms with Crippen LogP contribution in [-0.2, 0) is 20.3 Å². The molecule has 0 radical (unpaired) electrons. The third-order valence-corrected chi connectivity index (χ3v) is 4.33. The number of hydrogen-bond donors (Lipinski definition) is 1. The summed E-state index contributed by atoms with van der Waals surface area (Å²) >= 11 is 3.30. The zero-order chi connectivity index (χ0) is 16.8. The van der Waals surface area contributed by atoms with Gasteiger partial charge in [0.15, 0.2) is 6.61 Å². The zero-order valence-corrected chi connectivity index (χ0v) is 14.6. The van der Waals surface area contributed by atoms with E-state index in [1.807, 2.05) is 6.07 Å². The molecule has 0 heterocycles. The van der Waals surface area contributed by atoms with E-state index in [4.69, 9.17) is 4.74 Å². The highest BCUT2D eigenvalue weighted by molar-refractivity contribution is 9.10. The lowest BCUT2D eigenvalue weighted by atomic mass is 10.2. The van der Waals surface area contributed by atoms with Crippen LogP contribution in [0.2, 0.25) is 0 Å². The summed E-state index contributed by atoms with van der Waals surface area (Å²) in [6, 6.07) is 13.5. The van der Waals surface area contributed by atoms with E-state index < -0.39 is 29.3 Å². The Bertz CT molecular complexity index is 763. The normalized spacial score (nSPS) is 11.6. The molecule has 2 aromatic carbocycles. The van der Waals surface area contributed by atoms with Crippen molar-refractivity contribution in [1.29, 1.82) is 0 Å².